The molecule has 20 heavy (non-hydrogen) atoms. The van der Waals surface area contributed by atoms with Crippen molar-refractivity contribution in [2.24, 2.45) is 5.92 Å². The van der Waals surface area contributed by atoms with Gasteiger partial charge in [-0.25, -0.2) is 0 Å². The van der Waals surface area contributed by atoms with Crippen molar-refractivity contribution >= 4 is 0 Å². The Morgan fingerprint density at radius 3 is 2.55 bits per heavy atom. The predicted octanol–water partition coefficient (Wildman–Crippen LogP) is 3.20. The van der Waals surface area contributed by atoms with Crippen LogP contribution in [0.25, 0.3) is 0 Å². The molecule has 0 spiro atoms. The summed E-state index contributed by atoms with van der Waals surface area (Å²) < 4.78 is 0. The molecular formula is C17H29N3. The Morgan fingerprint density at radius 1 is 1.20 bits per heavy atom. The number of rotatable bonds is 6. The summed E-state index contributed by atoms with van der Waals surface area (Å²) in [6, 6.07) is 7.10. The maximum absolute atomic E-state index is 4.72. The fourth-order valence-electron chi connectivity index (χ4n) is 3.28. The molecule has 2 rings (SSSR count). The largest absolute Gasteiger partial charge is 0.314 e. The van der Waals surface area contributed by atoms with Crippen LogP contribution in [0.15, 0.2) is 18.2 Å². The fourth-order valence-corrected chi connectivity index (χ4v) is 3.28. The van der Waals surface area contributed by atoms with E-state index < -0.39 is 0 Å². The van der Waals surface area contributed by atoms with Crippen LogP contribution >= 0.6 is 0 Å². The SMILES string of the molecule is CCC1CCC(N(C)Cc2cccc(CNC)n2)CC1. The third kappa shape index (κ3) is 4.29. The molecule has 1 N–H and O–H groups in total. The smallest absolute Gasteiger partial charge is 0.0547 e. The molecule has 1 aromatic heterocycles. The summed E-state index contributed by atoms with van der Waals surface area (Å²) >= 11 is 0. The highest BCUT2D eigenvalue weighted by Crippen LogP contribution is 2.29. The Bertz CT molecular complexity index is 397. The Morgan fingerprint density at radius 2 is 1.90 bits per heavy atom. The Hall–Kier alpha value is -0.930. The monoisotopic (exact) mass is 275 g/mol. The van der Waals surface area contributed by atoms with Crippen molar-refractivity contribution in [3.05, 3.63) is 29.6 Å². The lowest BCUT2D eigenvalue weighted by atomic mass is 9.84. The van der Waals surface area contributed by atoms with E-state index in [2.05, 4.69) is 42.4 Å². The van der Waals surface area contributed by atoms with E-state index in [1.807, 2.05) is 7.05 Å². The molecule has 1 aromatic rings. The van der Waals surface area contributed by atoms with Crippen molar-refractivity contribution in [3.8, 4) is 0 Å². The van der Waals surface area contributed by atoms with Crippen molar-refractivity contribution in [1.29, 1.82) is 0 Å². The quantitative estimate of drug-likeness (QED) is 0.864. The third-order valence-corrected chi connectivity index (χ3v) is 4.65. The number of nitrogens with zero attached hydrogens (tertiary/aromatic N) is 2. The first-order chi connectivity index (χ1) is 9.72. The van der Waals surface area contributed by atoms with E-state index >= 15 is 0 Å². The van der Waals surface area contributed by atoms with Crippen LogP contribution in [0, 0.1) is 5.92 Å². The summed E-state index contributed by atoms with van der Waals surface area (Å²) in [5, 5.41) is 3.16. The molecule has 0 unspecified atom stereocenters. The van der Waals surface area contributed by atoms with Crippen LogP contribution < -0.4 is 5.32 Å². The number of hydrogen-bond donors (Lipinski definition) is 1. The lowest BCUT2D eigenvalue weighted by Gasteiger charge is -2.34. The molecule has 1 aliphatic rings. The van der Waals surface area contributed by atoms with Gasteiger partial charge in [0.15, 0.2) is 0 Å². The number of aromatic nitrogens is 1. The molecule has 3 heteroatoms. The molecule has 0 saturated heterocycles. The first kappa shape index (κ1) is 15.5. The molecular weight excluding hydrogens is 246 g/mol. The zero-order valence-corrected chi connectivity index (χ0v) is 13.2. The zero-order chi connectivity index (χ0) is 14.4. The van der Waals surface area contributed by atoms with Gasteiger partial charge < -0.3 is 5.32 Å². The van der Waals surface area contributed by atoms with E-state index in [-0.39, 0.29) is 0 Å². The number of pyridine rings is 1. The van der Waals surface area contributed by atoms with E-state index in [1.54, 1.807) is 0 Å². The molecule has 112 valence electrons. The van der Waals surface area contributed by atoms with Crippen molar-refractivity contribution in [2.45, 2.75) is 58.2 Å². The molecule has 0 atom stereocenters. The van der Waals surface area contributed by atoms with Gasteiger partial charge in [0.2, 0.25) is 0 Å². The summed E-state index contributed by atoms with van der Waals surface area (Å²) in [5.41, 5.74) is 2.32. The van der Waals surface area contributed by atoms with Gasteiger partial charge >= 0.3 is 0 Å². The van der Waals surface area contributed by atoms with Gasteiger partial charge in [0.05, 0.1) is 11.4 Å². The van der Waals surface area contributed by atoms with Crippen LogP contribution in [0.3, 0.4) is 0 Å². The standard InChI is InChI=1S/C17H29N3/c1-4-14-8-10-17(11-9-14)20(3)13-16-7-5-6-15(19-16)12-18-2/h5-7,14,17-18H,4,8-13H2,1-3H3. The molecule has 0 radical (unpaired) electrons. The number of hydrogen-bond acceptors (Lipinski definition) is 3. The van der Waals surface area contributed by atoms with Gasteiger partial charge in [-0.1, -0.05) is 19.4 Å². The summed E-state index contributed by atoms with van der Waals surface area (Å²) in [6.45, 7) is 4.14. The molecule has 3 nitrogen and oxygen atoms in total. The number of nitrogens with one attached hydrogen (secondary N) is 1. The van der Waals surface area contributed by atoms with Crippen LogP contribution in [0.5, 0.6) is 0 Å². The molecule has 1 fully saturated rings. The average molecular weight is 275 g/mol. The maximum Gasteiger partial charge on any atom is 0.0547 e. The summed E-state index contributed by atoms with van der Waals surface area (Å²) in [4.78, 5) is 7.22. The lowest BCUT2D eigenvalue weighted by Crippen LogP contribution is -2.35. The van der Waals surface area contributed by atoms with Gasteiger partial charge in [0.25, 0.3) is 0 Å². The molecule has 0 aliphatic heterocycles. The van der Waals surface area contributed by atoms with E-state index in [9.17, 15) is 0 Å². The topological polar surface area (TPSA) is 28.2 Å². The van der Waals surface area contributed by atoms with E-state index in [1.165, 1.54) is 37.8 Å². The van der Waals surface area contributed by atoms with E-state index in [0.29, 0.717) is 0 Å². The van der Waals surface area contributed by atoms with Crippen molar-refractivity contribution in [2.75, 3.05) is 14.1 Å². The van der Waals surface area contributed by atoms with Crippen LogP contribution in [-0.2, 0) is 13.1 Å². The van der Waals surface area contributed by atoms with Crippen LogP contribution in [0.2, 0.25) is 0 Å². The zero-order valence-electron chi connectivity index (χ0n) is 13.2. The highest BCUT2D eigenvalue weighted by Gasteiger charge is 2.23. The van der Waals surface area contributed by atoms with E-state index in [0.717, 1.165) is 30.7 Å². The summed E-state index contributed by atoms with van der Waals surface area (Å²) in [5.74, 6) is 0.969. The Kier molecular flexibility index (Phi) is 5.99. The minimum absolute atomic E-state index is 0.743. The van der Waals surface area contributed by atoms with Gasteiger partial charge in [-0.15, -0.1) is 0 Å². The van der Waals surface area contributed by atoms with Gasteiger partial charge in [-0.05, 0) is 57.8 Å². The van der Waals surface area contributed by atoms with Crippen molar-refractivity contribution < 1.29 is 0 Å². The molecule has 1 saturated carbocycles. The Balaban J connectivity index is 1.87. The fraction of sp³-hybridized carbons (Fsp3) is 0.706. The van der Waals surface area contributed by atoms with Crippen molar-refractivity contribution in [3.63, 3.8) is 0 Å². The highest BCUT2D eigenvalue weighted by atomic mass is 15.1. The average Bonchev–Trinajstić information content (AvgIpc) is 2.48. The molecule has 1 aliphatic carbocycles. The highest BCUT2D eigenvalue weighted by molar-refractivity contribution is 5.11. The second-order valence-electron chi connectivity index (χ2n) is 6.15. The molecule has 0 aromatic carbocycles. The minimum Gasteiger partial charge on any atom is -0.314 e. The summed E-state index contributed by atoms with van der Waals surface area (Å²) in [6.07, 6.45) is 6.86. The third-order valence-electron chi connectivity index (χ3n) is 4.65. The predicted molar refractivity (Wildman–Crippen MR) is 84.5 cm³/mol. The lowest BCUT2D eigenvalue weighted by molar-refractivity contribution is 0.156. The van der Waals surface area contributed by atoms with Crippen LogP contribution in [-0.4, -0.2) is 30.0 Å². The van der Waals surface area contributed by atoms with Crippen LogP contribution in [0.4, 0.5) is 0 Å². The normalized spacial score (nSPS) is 23.2. The second kappa shape index (κ2) is 7.75. The maximum atomic E-state index is 4.72. The summed E-state index contributed by atoms with van der Waals surface area (Å²) in [7, 11) is 4.22. The molecule has 0 bridgehead atoms. The van der Waals surface area contributed by atoms with Crippen molar-refractivity contribution in [1.82, 2.24) is 15.2 Å². The Labute approximate surface area is 123 Å². The van der Waals surface area contributed by atoms with Gasteiger partial charge in [0, 0.05) is 19.1 Å². The first-order valence-corrected chi connectivity index (χ1v) is 8.02. The molecule has 0 amide bonds. The minimum atomic E-state index is 0.743. The molecule has 1 heterocycles. The first-order valence-electron chi connectivity index (χ1n) is 8.02. The van der Waals surface area contributed by atoms with E-state index in [4.69, 9.17) is 4.98 Å². The second-order valence-corrected chi connectivity index (χ2v) is 6.15. The van der Waals surface area contributed by atoms with Crippen LogP contribution in [0.1, 0.15) is 50.4 Å². The van der Waals surface area contributed by atoms with Gasteiger partial charge in [-0.3, -0.25) is 9.88 Å². The van der Waals surface area contributed by atoms with Gasteiger partial charge in [-0.2, -0.15) is 0 Å². The van der Waals surface area contributed by atoms with Gasteiger partial charge in [0.1, 0.15) is 0 Å².